The summed E-state index contributed by atoms with van der Waals surface area (Å²) >= 11 is 5.96. The molecule has 2 aliphatic heterocycles. The Bertz CT molecular complexity index is 644. The fourth-order valence-corrected chi connectivity index (χ4v) is 3.33. The van der Waals surface area contributed by atoms with Gasteiger partial charge in [0.2, 0.25) is 5.91 Å². The van der Waals surface area contributed by atoms with Gasteiger partial charge in [-0.1, -0.05) is 11.6 Å². The van der Waals surface area contributed by atoms with E-state index in [1.165, 1.54) is 12.1 Å². The lowest BCUT2D eigenvalue weighted by atomic mass is 10.1. The van der Waals surface area contributed by atoms with Crippen LogP contribution in [0, 0.1) is 5.82 Å². The van der Waals surface area contributed by atoms with Crippen LogP contribution >= 0.6 is 11.6 Å². The van der Waals surface area contributed by atoms with Gasteiger partial charge in [0.1, 0.15) is 5.82 Å². The Labute approximate surface area is 150 Å². The smallest absolute Gasteiger partial charge is 0.255 e. The average Bonchev–Trinajstić information content (AvgIpc) is 2.62. The molecule has 2 fully saturated rings. The number of nitrogens with zero attached hydrogens (tertiary/aromatic N) is 2. The minimum Gasteiger partial charge on any atom is -0.378 e. The van der Waals surface area contributed by atoms with Crippen LogP contribution in [0.15, 0.2) is 18.2 Å². The van der Waals surface area contributed by atoms with Crippen molar-refractivity contribution in [2.24, 2.45) is 0 Å². The first-order valence-corrected chi connectivity index (χ1v) is 8.75. The van der Waals surface area contributed by atoms with Gasteiger partial charge in [0.25, 0.3) is 5.91 Å². The van der Waals surface area contributed by atoms with Crippen LogP contribution in [0.2, 0.25) is 5.02 Å². The minimum atomic E-state index is -0.475. The van der Waals surface area contributed by atoms with Gasteiger partial charge in [-0.05, 0) is 18.2 Å². The molecular formula is C17H21ClFN3O3. The Morgan fingerprint density at radius 1 is 1.24 bits per heavy atom. The molecule has 25 heavy (non-hydrogen) atoms. The van der Waals surface area contributed by atoms with Gasteiger partial charge in [-0.25, -0.2) is 4.39 Å². The second kappa shape index (κ2) is 8.12. The summed E-state index contributed by atoms with van der Waals surface area (Å²) in [5.74, 6) is -0.647. The van der Waals surface area contributed by atoms with Crippen LogP contribution in [0.1, 0.15) is 16.8 Å². The van der Waals surface area contributed by atoms with E-state index < -0.39 is 5.82 Å². The molecule has 0 aliphatic carbocycles. The zero-order chi connectivity index (χ0) is 17.8. The molecule has 0 radical (unpaired) electrons. The number of hydrogen-bond donors (Lipinski definition) is 1. The molecule has 1 N–H and O–H groups in total. The molecule has 1 atom stereocenters. The third-order valence-electron chi connectivity index (χ3n) is 4.50. The predicted molar refractivity (Wildman–Crippen MR) is 91.1 cm³/mol. The first-order chi connectivity index (χ1) is 12.0. The highest BCUT2D eigenvalue weighted by Crippen LogP contribution is 2.20. The number of benzene rings is 1. The quantitative estimate of drug-likeness (QED) is 0.868. The number of morpholine rings is 1. The van der Waals surface area contributed by atoms with Crippen LogP contribution in [0.4, 0.5) is 4.39 Å². The molecule has 2 heterocycles. The summed E-state index contributed by atoms with van der Waals surface area (Å²) in [7, 11) is 0. The molecule has 8 heteroatoms. The summed E-state index contributed by atoms with van der Waals surface area (Å²) in [6, 6.07) is 3.80. The predicted octanol–water partition coefficient (Wildman–Crippen LogP) is 1.14. The van der Waals surface area contributed by atoms with E-state index in [0.717, 1.165) is 12.6 Å². The van der Waals surface area contributed by atoms with Gasteiger partial charge >= 0.3 is 0 Å². The summed E-state index contributed by atoms with van der Waals surface area (Å²) in [5, 5.41) is 3.37. The first kappa shape index (κ1) is 18.1. The van der Waals surface area contributed by atoms with Crippen LogP contribution < -0.4 is 5.32 Å². The standard InChI is InChI=1S/C17H21ClFN3O3/c18-15-9-12(19)1-2-14(15)17(24)22-6-4-21(5-7-22)16(23)10-13-11-25-8-3-20-13/h1-2,9,13,20H,3-8,10-11H2. The number of hydrogen-bond acceptors (Lipinski definition) is 4. The number of ether oxygens (including phenoxy) is 1. The van der Waals surface area contributed by atoms with Crippen molar-refractivity contribution in [3.05, 3.63) is 34.6 Å². The molecule has 1 aromatic carbocycles. The maximum Gasteiger partial charge on any atom is 0.255 e. The number of amides is 2. The van der Waals surface area contributed by atoms with E-state index in [1.807, 2.05) is 0 Å². The van der Waals surface area contributed by atoms with Crippen LogP contribution in [0.5, 0.6) is 0 Å². The van der Waals surface area contributed by atoms with Gasteiger partial charge in [0.05, 0.1) is 23.8 Å². The summed E-state index contributed by atoms with van der Waals surface area (Å²) in [6.45, 7) is 3.83. The van der Waals surface area contributed by atoms with Gasteiger partial charge in [0, 0.05) is 45.2 Å². The third kappa shape index (κ3) is 4.48. The topological polar surface area (TPSA) is 61.9 Å². The Morgan fingerprint density at radius 2 is 1.96 bits per heavy atom. The van der Waals surface area contributed by atoms with Crippen LogP contribution in [-0.2, 0) is 9.53 Å². The van der Waals surface area contributed by atoms with Gasteiger partial charge < -0.3 is 19.9 Å². The van der Waals surface area contributed by atoms with Gasteiger partial charge in [-0.15, -0.1) is 0 Å². The highest BCUT2D eigenvalue weighted by Gasteiger charge is 2.27. The molecule has 3 rings (SSSR count). The summed E-state index contributed by atoms with van der Waals surface area (Å²) < 4.78 is 18.5. The fourth-order valence-electron chi connectivity index (χ4n) is 3.08. The van der Waals surface area contributed by atoms with E-state index >= 15 is 0 Å². The molecule has 0 bridgehead atoms. The monoisotopic (exact) mass is 369 g/mol. The zero-order valence-electron chi connectivity index (χ0n) is 13.8. The van der Waals surface area contributed by atoms with Crippen LogP contribution in [-0.4, -0.2) is 73.6 Å². The van der Waals surface area contributed by atoms with Crippen molar-refractivity contribution in [1.29, 1.82) is 0 Å². The largest absolute Gasteiger partial charge is 0.378 e. The van der Waals surface area contributed by atoms with Crippen LogP contribution in [0.25, 0.3) is 0 Å². The summed E-state index contributed by atoms with van der Waals surface area (Å²) in [5.41, 5.74) is 0.284. The van der Waals surface area contributed by atoms with E-state index in [2.05, 4.69) is 5.32 Å². The van der Waals surface area contributed by atoms with Crippen LogP contribution in [0.3, 0.4) is 0 Å². The average molecular weight is 370 g/mol. The molecule has 0 spiro atoms. The number of rotatable bonds is 3. The van der Waals surface area contributed by atoms with E-state index in [9.17, 15) is 14.0 Å². The maximum absolute atomic E-state index is 13.1. The lowest BCUT2D eigenvalue weighted by molar-refractivity contribution is -0.133. The molecule has 0 saturated carbocycles. The second-order valence-electron chi connectivity index (χ2n) is 6.23. The number of piperazine rings is 1. The number of nitrogens with one attached hydrogen (secondary N) is 1. The van der Waals surface area contributed by atoms with Crippen molar-refractivity contribution >= 4 is 23.4 Å². The van der Waals surface area contributed by atoms with Crippen molar-refractivity contribution in [1.82, 2.24) is 15.1 Å². The molecule has 2 amide bonds. The lowest BCUT2D eigenvalue weighted by Gasteiger charge is -2.36. The Hall–Kier alpha value is -1.70. The highest BCUT2D eigenvalue weighted by atomic mass is 35.5. The Morgan fingerprint density at radius 3 is 2.60 bits per heavy atom. The third-order valence-corrected chi connectivity index (χ3v) is 4.81. The highest BCUT2D eigenvalue weighted by molar-refractivity contribution is 6.33. The summed E-state index contributed by atoms with van der Waals surface area (Å²) in [6.07, 6.45) is 0.401. The molecule has 1 aromatic rings. The Kier molecular flexibility index (Phi) is 5.88. The summed E-state index contributed by atoms with van der Waals surface area (Å²) in [4.78, 5) is 28.3. The first-order valence-electron chi connectivity index (χ1n) is 8.38. The zero-order valence-corrected chi connectivity index (χ0v) is 14.6. The number of carbonyl (C=O) groups is 2. The van der Waals surface area contributed by atoms with Gasteiger partial charge in [0.15, 0.2) is 0 Å². The molecular weight excluding hydrogens is 349 g/mol. The normalized spacial score (nSPS) is 21.3. The van der Waals surface area contributed by atoms with Gasteiger partial charge in [-0.2, -0.15) is 0 Å². The Balaban J connectivity index is 1.52. The molecule has 1 unspecified atom stereocenters. The molecule has 0 aromatic heterocycles. The van der Waals surface area contributed by atoms with E-state index in [4.69, 9.17) is 16.3 Å². The van der Waals surface area contributed by atoms with E-state index in [0.29, 0.717) is 45.8 Å². The van der Waals surface area contributed by atoms with E-state index in [-0.39, 0.29) is 28.4 Å². The number of carbonyl (C=O) groups excluding carboxylic acids is 2. The molecule has 2 saturated heterocycles. The van der Waals surface area contributed by atoms with Crippen molar-refractivity contribution in [3.8, 4) is 0 Å². The number of halogens is 2. The van der Waals surface area contributed by atoms with E-state index in [1.54, 1.807) is 9.80 Å². The molecule has 2 aliphatic rings. The van der Waals surface area contributed by atoms with Gasteiger partial charge in [-0.3, -0.25) is 9.59 Å². The van der Waals surface area contributed by atoms with Crippen molar-refractivity contribution < 1.29 is 18.7 Å². The fraction of sp³-hybridized carbons (Fsp3) is 0.529. The van der Waals surface area contributed by atoms with Crippen molar-refractivity contribution in [2.45, 2.75) is 12.5 Å². The maximum atomic E-state index is 13.1. The van der Waals surface area contributed by atoms with Crippen molar-refractivity contribution in [3.63, 3.8) is 0 Å². The molecule has 136 valence electrons. The SMILES string of the molecule is O=C(CC1COCCN1)N1CCN(C(=O)c2ccc(F)cc2Cl)CC1. The second-order valence-corrected chi connectivity index (χ2v) is 6.63. The van der Waals surface area contributed by atoms with Crippen molar-refractivity contribution in [2.75, 3.05) is 45.9 Å². The molecule has 6 nitrogen and oxygen atoms in total. The lowest BCUT2D eigenvalue weighted by Crippen LogP contribution is -2.52. The minimum absolute atomic E-state index is 0.0546.